The SMILES string of the molecule is Cc1n[nH]nc1S(=O)(=O)Cl. The van der Waals surface area contributed by atoms with Gasteiger partial charge in [0.1, 0.15) is 0 Å². The summed E-state index contributed by atoms with van der Waals surface area (Å²) in [6.07, 6.45) is 0. The third-order valence-electron chi connectivity index (χ3n) is 0.910. The number of halogens is 1. The van der Waals surface area contributed by atoms with E-state index in [9.17, 15) is 8.42 Å². The Morgan fingerprint density at radius 1 is 1.50 bits per heavy atom. The summed E-state index contributed by atoms with van der Waals surface area (Å²) in [5.41, 5.74) is 0.273. The fourth-order valence-electron chi connectivity index (χ4n) is 0.505. The van der Waals surface area contributed by atoms with Gasteiger partial charge < -0.3 is 0 Å². The molecule has 1 rings (SSSR count). The van der Waals surface area contributed by atoms with Gasteiger partial charge in [0, 0.05) is 10.7 Å². The number of rotatable bonds is 1. The normalized spacial score (nSPS) is 11.8. The number of aryl methyl sites for hydroxylation is 1. The third kappa shape index (κ3) is 1.27. The minimum Gasteiger partial charge on any atom is -0.205 e. The molecule has 0 radical (unpaired) electrons. The summed E-state index contributed by atoms with van der Waals surface area (Å²) in [6.45, 7) is 1.50. The summed E-state index contributed by atoms with van der Waals surface area (Å²) >= 11 is 0. The summed E-state index contributed by atoms with van der Waals surface area (Å²) in [7, 11) is 1.23. The van der Waals surface area contributed by atoms with Gasteiger partial charge in [0.25, 0.3) is 9.05 Å². The Hall–Kier alpha value is -0.620. The summed E-state index contributed by atoms with van der Waals surface area (Å²) in [6, 6.07) is 0. The second-order valence-corrected chi connectivity index (χ2v) is 4.13. The van der Waals surface area contributed by atoms with Crippen LogP contribution in [-0.2, 0) is 9.05 Å². The van der Waals surface area contributed by atoms with Crippen LogP contribution in [0.15, 0.2) is 5.03 Å². The molecular weight excluding hydrogens is 178 g/mol. The molecule has 0 aliphatic heterocycles. The zero-order chi connectivity index (χ0) is 7.78. The van der Waals surface area contributed by atoms with E-state index in [-0.39, 0.29) is 10.7 Å². The van der Waals surface area contributed by atoms with Crippen LogP contribution in [0.3, 0.4) is 0 Å². The quantitative estimate of drug-likeness (QED) is 0.621. The van der Waals surface area contributed by atoms with E-state index in [4.69, 9.17) is 10.7 Å². The van der Waals surface area contributed by atoms with Crippen molar-refractivity contribution in [3.63, 3.8) is 0 Å². The van der Waals surface area contributed by atoms with Crippen molar-refractivity contribution in [3.05, 3.63) is 5.69 Å². The number of nitrogens with one attached hydrogen (secondary N) is 1. The van der Waals surface area contributed by atoms with Crippen LogP contribution in [0.1, 0.15) is 5.69 Å². The second-order valence-electron chi connectivity index (χ2n) is 1.65. The predicted octanol–water partition coefficient (Wildman–Crippen LogP) is 0.0406. The Kier molecular flexibility index (Phi) is 1.65. The standard InChI is InChI=1S/C3H4ClN3O2S/c1-2-3(6-7-5-2)10(4,8)9/h1H3,(H,5,6,7). The van der Waals surface area contributed by atoms with Crippen molar-refractivity contribution in [2.24, 2.45) is 0 Å². The van der Waals surface area contributed by atoms with Crippen molar-refractivity contribution >= 4 is 19.7 Å². The highest BCUT2D eigenvalue weighted by Gasteiger charge is 2.16. The second kappa shape index (κ2) is 2.21. The Bertz CT molecular complexity index is 329. The number of nitrogens with zero attached hydrogens (tertiary/aromatic N) is 2. The fraction of sp³-hybridized carbons (Fsp3) is 0.333. The lowest BCUT2D eigenvalue weighted by atomic mass is 10.6. The molecule has 7 heteroatoms. The monoisotopic (exact) mass is 181 g/mol. The number of hydrogen-bond acceptors (Lipinski definition) is 4. The highest BCUT2D eigenvalue weighted by atomic mass is 35.7. The van der Waals surface area contributed by atoms with Gasteiger partial charge in [-0.25, -0.2) is 8.42 Å². The Labute approximate surface area is 61.8 Å². The first-order valence-corrected chi connectivity index (χ1v) is 4.65. The van der Waals surface area contributed by atoms with Gasteiger partial charge in [0.15, 0.2) is 0 Å². The molecular formula is C3H4ClN3O2S. The molecule has 10 heavy (non-hydrogen) atoms. The summed E-state index contributed by atoms with van der Waals surface area (Å²) < 4.78 is 21.1. The van der Waals surface area contributed by atoms with Gasteiger partial charge in [-0.1, -0.05) is 0 Å². The van der Waals surface area contributed by atoms with E-state index >= 15 is 0 Å². The van der Waals surface area contributed by atoms with Crippen LogP contribution in [0.2, 0.25) is 0 Å². The van der Waals surface area contributed by atoms with Crippen molar-refractivity contribution in [2.75, 3.05) is 0 Å². The Morgan fingerprint density at radius 3 is 2.30 bits per heavy atom. The fourth-order valence-corrected chi connectivity index (χ4v) is 1.49. The molecule has 0 atom stereocenters. The van der Waals surface area contributed by atoms with Crippen LogP contribution < -0.4 is 0 Å². The zero-order valence-corrected chi connectivity index (χ0v) is 6.57. The van der Waals surface area contributed by atoms with E-state index < -0.39 is 9.05 Å². The number of aromatic amines is 1. The van der Waals surface area contributed by atoms with Crippen molar-refractivity contribution in [1.82, 2.24) is 15.4 Å². The molecule has 0 spiro atoms. The molecule has 0 aromatic carbocycles. The van der Waals surface area contributed by atoms with E-state index in [1.807, 2.05) is 0 Å². The smallest absolute Gasteiger partial charge is 0.205 e. The summed E-state index contributed by atoms with van der Waals surface area (Å²) in [4.78, 5) is 0. The first-order valence-electron chi connectivity index (χ1n) is 2.34. The highest BCUT2D eigenvalue weighted by molar-refractivity contribution is 8.13. The van der Waals surface area contributed by atoms with Gasteiger partial charge in [0.05, 0.1) is 5.69 Å². The van der Waals surface area contributed by atoms with Crippen LogP contribution in [0.5, 0.6) is 0 Å². The molecule has 1 N–H and O–H groups in total. The maximum absolute atomic E-state index is 10.6. The van der Waals surface area contributed by atoms with Crippen molar-refractivity contribution in [3.8, 4) is 0 Å². The molecule has 0 aliphatic rings. The first-order chi connectivity index (χ1) is 4.52. The summed E-state index contributed by atoms with van der Waals surface area (Å²) in [5, 5.41) is 8.74. The molecule has 0 bridgehead atoms. The molecule has 0 saturated carbocycles. The van der Waals surface area contributed by atoms with Gasteiger partial charge in [-0.3, -0.25) is 0 Å². The zero-order valence-electron chi connectivity index (χ0n) is 5.00. The molecule has 56 valence electrons. The Balaban J connectivity index is 3.32. The molecule has 5 nitrogen and oxygen atoms in total. The van der Waals surface area contributed by atoms with Crippen LogP contribution >= 0.6 is 10.7 Å². The number of hydrogen-bond donors (Lipinski definition) is 1. The largest absolute Gasteiger partial charge is 0.282 e. The Morgan fingerprint density at radius 2 is 2.10 bits per heavy atom. The third-order valence-corrected chi connectivity index (χ3v) is 2.20. The number of aromatic nitrogens is 3. The van der Waals surface area contributed by atoms with Gasteiger partial charge in [0.2, 0.25) is 5.03 Å². The van der Waals surface area contributed by atoms with Crippen molar-refractivity contribution < 1.29 is 8.42 Å². The summed E-state index contributed by atoms with van der Waals surface area (Å²) in [5.74, 6) is 0. The van der Waals surface area contributed by atoms with Crippen molar-refractivity contribution in [1.29, 1.82) is 0 Å². The van der Waals surface area contributed by atoms with Crippen LogP contribution in [0.4, 0.5) is 0 Å². The van der Waals surface area contributed by atoms with Crippen LogP contribution in [-0.4, -0.2) is 23.8 Å². The van der Waals surface area contributed by atoms with E-state index in [2.05, 4.69) is 15.4 Å². The number of H-pyrrole nitrogens is 1. The lowest BCUT2D eigenvalue weighted by molar-refractivity contribution is 0.605. The average molecular weight is 182 g/mol. The molecule has 0 aliphatic carbocycles. The molecule has 0 unspecified atom stereocenters. The van der Waals surface area contributed by atoms with Crippen LogP contribution in [0.25, 0.3) is 0 Å². The lowest BCUT2D eigenvalue weighted by Crippen LogP contribution is -1.92. The van der Waals surface area contributed by atoms with Crippen molar-refractivity contribution in [2.45, 2.75) is 11.9 Å². The molecule has 0 amide bonds. The molecule has 1 aromatic heterocycles. The van der Waals surface area contributed by atoms with E-state index in [0.717, 1.165) is 0 Å². The lowest BCUT2D eigenvalue weighted by Gasteiger charge is -1.85. The van der Waals surface area contributed by atoms with Gasteiger partial charge >= 0.3 is 0 Å². The maximum Gasteiger partial charge on any atom is 0.282 e. The minimum atomic E-state index is -3.72. The first kappa shape index (κ1) is 7.49. The van der Waals surface area contributed by atoms with Gasteiger partial charge in [-0.2, -0.15) is 10.3 Å². The van der Waals surface area contributed by atoms with E-state index in [1.165, 1.54) is 6.92 Å². The topological polar surface area (TPSA) is 75.7 Å². The molecule has 0 saturated heterocycles. The van der Waals surface area contributed by atoms with Gasteiger partial charge in [-0.15, -0.1) is 5.10 Å². The van der Waals surface area contributed by atoms with E-state index in [1.54, 1.807) is 0 Å². The average Bonchev–Trinajstić information content (AvgIpc) is 2.11. The molecule has 0 fully saturated rings. The highest BCUT2D eigenvalue weighted by Crippen LogP contribution is 2.12. The van der Waals surface area contributed by atoms with Crippen LogP contribution in [0, 0.1) is 6.92 Å². The molecule has 1 aromatic rings. The maximum atomic E-state index is 10.6. The van der Waals surface area contributed by atoms with E-state index in [0.29, 0.717) is 0 Å². The molecule has 1 heterocycles. The van der Waals surface area contributed by atoms with Gasteiger partial charge in [-0.05, 0) is 6.92 Å². The predicted molar refractivity (Wildman–Crippen MR) is 34.2 cm³/mol. The minimum absolute atomic E-state index is 0.214.